The molecule has 3 aliphatic heterocycles. The van der Waals surface area contributed by atoms with Crippen molar-refractivity contribution in [2.24, 2.45) is 4.99 Å². The van der Waals surface area contributed by atoms with Gasteiger partial charge in [0.1, 0.15) is 11.2 Å². The molecule has 7 heteroatoms. The maximum absolute atomic E-state index is 12.9. The third kappa shape index (κ3) is 2.24. The van der Waals surface area contributed by atoms with E-state index < -0.39 is 16.9 Å². The summed E-state index contributed by atoms with van der Waals surface area (Å²) < 4.78 is 5.04. The standard InChI is InChI=1S/C22H20N4O3/c1-21(2)9-8-17-22(13-6-4-5-7-14(13)25-17)11-18(27)26(22)16(20(28)29-3)10-15-19(21)24-12-23-15/h4-10,12H,11H2,1-3H3,(H,23,24)/b9-8-,16-10?. The third-order valence-corrected chi connectivity index (χ3v) is 5.93. The number of carbonyl (C=O) groups is 2. The first kappa shape index (κ1) is 17.6. The summed E-state index contributed by atoms with van der Waals surface area (Å²) in [4.78, 5) is 39.5. The van der Waals surface area contributed by atoms with Gasteiger partial charge >= 0.3 is 5.97 Å². The largest absolute Gasteiger partial charge is 0.464 e. The fraction of sp³-hybridized carbons (Fsp3) is 0.273. The summed E-state index contributed by atoms with van der Waals surface area (Å²) in [7, 11) is 1.31. The number of nitrogens with zero attached hydrogens (tertiary/aromatic N) is 3. The number of hydrogen-bond donors (Lipinski definition) is 1. The minimum Gasteiger partial charge on any atom is -0.464 e. The summed E-state index contributed by atoms with van der Waals surface area (Å²) in [5, 5.41) is 0. The summed E-state index contributed by atoms with van der Waals surface area (Å²) in [6, 6.07) is 7.73. The van der Waals surface area contributed by atoms with Crippen LogP contribution >= 0.6 is 0 Å². The number of aromatic amines is 1. The minimum atomic E-state index is -0.811. The van der Waals surface area contributed by atoms with E-state index in [1.165, 1.54) is 12.0 Å². The van der Waals surface area contributed by atoms with Gasteiger partial charge < -0.3 is 9.72 Å². The van der Waals surface area contributed by atoms with Gasteiger partial charge in [-0.3, -0.25) is 14.7 Å². The average Bonchev–Trinajstić information content (AvgIpc) is 3.29. The molecular formula is C22H20N4O3. The van der Waals surface area contributed by atoms with Crippen molar-refractivity contribution in [2.75, 3.05) is 7.11 Å². The molecule has 1 fully saturated rings. The number of fused-ring (bicyclic) bond motifs is 2. The number of imidazole rings is 1. The highest BCUT2D eigenvalue weighted by Crippen LogP contribution is 2.53. The first-order valence-electron chi connectivity index (χ1n) is 9.43. The Labute approximate surface area is 167 Å². The van der Waals surface area contributed by atoms with Gasteiger partial charge in [-0.1, -0.05) is 38.1 Å². The van der Waals surface area contributed by atoms with E-state index in [0.717, 1.165) is 22.7 Å². The van der Waals surface area contributed by atoms with Crippen molar-refractivity contribution in [1.82, 2.24) is 14.9 Å². The Morgan fingerprint density at radius 3 is 2.83 bits per heavy atom. The number of allylic oxidation sites excluding steroid dienone is 1. The zero-order valence-electron chi connectivity index (χ0n) is 16.4. The van der Waals surface area contributed by atoms with Crippen LogP contribution in [0.25, 0.3) is 6.08 Å². The number of aliphatic imine (C=N–C) groups is 1. The average molecular weight is 388 g/mol. The van der Waals surface area contributed by atoms with Crippen LogP contribution in [-0.4, -0.2) is 39.6 Å². The van der Waals surface area contributed by atoms with E-state index >= 15 is 0 Å². The molecule has 1 unspecified atom stereocenters. The molecule has 0 saturated carbocycles. The summed E-state index contributed by atoms with van der Waals surface area (Å²) in [5.41, 5.74) is 2.86. The lowest BCUT2D eigenvalue weighted by atomic mass is 9.73. The molecule has 1 N–H and O–H groups in total. The molecule has 3 aliphatic rings. The number of aromatic nitrogens is 2. The molecule has 0 bridgehead atoms. The number of benzene rings is 1. The topological polar surface area (TPSA) is 87.6 Å². The van der Waals surface area contributed by atoms with Crippen molar-refractivity contribution < 1.29 is 14.3 Å². The molecule has 1 aromatic carbocycles. The highest BCUT2D eigenvalue weighted by Gasteiger charge is 2.60. The van der Waals surface area contributed by atoms with E-state index in [-0.39, 0.29) is 18.0 Å². The zero-order chi connectivity index (χ0) is 20.4. The quantitative estimate of drug-likeness (QED) is 0.601. The maximum Gasteiger partial charge on any atom is 0.354 e. The van der Waals surface area contributed by atoms with Crippen LogP contribution in [0.15, 0.2) is 53.4 Å². The van der Waals surface area contributed by atoms with Gasteiger partial charge in [0, 0.05) is 11.0 Å². The van der Waals surface area contributed by atoms with Crippen LogP contribution in [-0.2, 0) is 25.3 Å². The van der Waals surface area contributed by atoms with Crippen LogP contribution < -0.4 is 0 Å². The number of H-pyrrole nitrogens is 1. The van der Waals surface area contributed by atoms with E-state index in [0.29, 0.717) is 5.69 Å². The highest BCUT2D eigenvalue weighted by atomic mass is 16.5. The molecule has 4 heterocycles. The molecule has 1 spiro atoms. The van der Waals surface area contributed by atoms with Gasteiger partial charge in [0.15, 0.2) is 0 Å². The lowest BCUT2D eigenvalue weighted by molar-refractivity contribution is -0.153. The number of nitrogens with one attached hydrogen (secondary N) is 1. The Morgan fingerprint density at radius 2 is 2.07 bits per heavy atom. The Morgan fingerprint density at radius 1 is 1.28 bits per heavy atom. The van der Waals surface area contributed by atoms with Crippen LogP contribution in [0.1, 0.15) is 37.2 Å². The SMILES string of the molecule is COC(=O)C1=Cc2nc[nH]c2C(C)(C)/C=C\C2=Nc3ccccc3C23CC(=O)N13. The van der Waals surface area contributed by atoms with E-state index in [1.807, 2.05) is 30.3 Å². The van der Waals surface area contributed by atoms with Crippen molar-refractivity contribution in [3.8, 4) is 0 Å². The van der Waals surface area contributed by atoms with Crippen LogP contribution in [0.3, 0.4) is 0 Å². The minimum absolute atomic E-state index is 0.156. The van der Waals surface area contributed by atoms with Gasteiger partial charge in [-0.25, -0.2) is 9.78 Å². The normalized spacial score (nSPS) is 24.8. The number of β-lactam (4-membered cyclic amide) rings is 1. The van der Waals surface area contributed by atoms with Crippen molar-refractivity contribution in [3.63, 3.8) is 0 Å². The maximum atomic E-state index is 12.9. The van der Waals surface area contributed by atoms with Crippen molar-refractivity contribution in [2.45, 2.75) is 31.2 Å². The molecule has 1 saturated heterocycles. The van der Waals surface area contributed by atoms with Crippen LogP contribution in [0.4, 0.5) is 5.69 Å². The predicted molar refractivity (Wildman–Crippen MR) is 107 cm³/mol. The van der Waals surface area contributed by atoms with E-state index in [1.54, 1.807) is 12.4 Å². The molecular weight excluding hydrogens is 368 g/mol. The second-order valence-corrected chi connectivity index (χ2v) is 8.02. The van der Waals surface area contributed by atoms with Gasteiger partial charge in [-0.05, 0) is 18.2 Å². The second kappa shape index (κ2) is 5.76. The first-order valence-corrected chi connectivity index (χ1v) is 9.43. The monoisotopic (exact) mass is 388 g/mol. The lowest BCUT2D eigenvalue weighted by Gasteiger charge is -2.50. The summed E-state index contributed by atoms with van der Waals surface area (Å²) >= 11 is 0. The molecule has 5 rings (SSSR count). The molecule has 1 amide bonds. The number of carbonyl (C=O) groups excluding carboxylic acids is 2. The van der Waals surface area contributed by atoms with Crippen LogP contribution in [0.2, 0.25) is 0 Å². The van der Waals surface area contributed by atoms with Crippen LogP contribution in [0, 0.1) is 0 Å². The van der Waals surface area contributed by atoms with Crippen LogP contribution in [0.5, 0.6) is 0 Å². The van der Waals surface area contributed by atoms with Crippen molar-refractivity contribution in [1.29, 1.82) is 0 Å². The number of rotatable bonds is 1. The summed E-state index contributed by atoms with van der Waals surface area (Å²) in [6.45, 7) is 4.12. The highest BCUT2D eigenvalue weighted by molar-refractivity contribution is 6.17. The van der Waals surface area contributed by atoms with Crippen molar-refractivity contribution >= 4 is 29.4 Å². The number of hydrogen-bond acceptors (Lipinski definition) is 5. The number of esters is 1. The molecule has 7 nitrogen and oxygen atoms in total. The molecule has 29 heavy (non-hydrogen) atoms. The van der Waals surface area contributed by atoms with E-state index in [4.69, 9.17) is 9.73 Å². The van der Waals surface area contributed by atoms with Gasteiger partial charge in [-0.2, -0.15) is 0 Å². The van der Waals surface area contributed by atoms with E-state index in [2.05, 4.69) is 29.9 Å². The molecule has 1 atom stereocenters. The number of amides is 1. The Hall–Kier alpha value is -3.48. The lowest BCUT2D eigenvalue weighted by Crippen LogP contribution is -2.64. The summed E-state index contributed by atoms with van der Waals surface area (Å²) in [5.74, 6) is -0.742. The molecule has 146 valence electrons. The molecule has 0 aliphatic carbocycles. The van der Waals surface area contributed by atoms with Gasteiger partial charge in [0.05, 0.1) is 42.6 Å². The number of ether oxygens (including phenoxy) is 1. The third-order valence-electron chi connectivity index (χ3n) is 5.93. The molecule has 0 radical (unpaired) electrons. The second-order valence-electron chi connectivity index (χ2n) is 8.02. The van der Waals surface area contributed by atoms with E-state index in [9.17, 15) is 9.59 Å². The predicted octanol–water partition coefficient (Wildman–Crippen LogP) is 2.98. The molecule has 2 aromatic rings. The Kier molecular flexibility index (Phi) is 3.50. The van der Waals surface area contributed by atoms with Gasteiger partial charge in [0.2, 0.25) is 5.91 Å². The Balaban J connectivity index is 1.83. The van der Waals surface area contributed by atoms with Gasteiger partial charge in [-0.15, -0.1) is 0 Å². The number of para-hydroxylation sites is 1. The fourth-order valence-electron chi connectivity index (χ4n) is 4.47. The fourth-order valence-corrected chi connectivity index (χ4v) is 4.47. The Bertz CT molecular complexity index is 1150. The molecule has 1 aromatic heterocycles. The van der Waals surface area contributed by atoms with Gasteiger partial charge in [0.25, 0.3) is 0 Å². The zero-order valence-corrected chi connectivity index (χ0v) is 16.4. The van der Waals surface area contributed by atoms with Crippen molar-refractivity contribution in [3.05, 3.63) is 65.4 Å². The smallest absolute Gasteiger partial charge is 0.354 e. The number of methoxy groups -OCH3 is 1. The summed E-state index contributed by atoms with van der Waals surface area (Å²) in [6.07, 6.45) is 7.49. The first-order chi connectivity index (χ1) is 13.9.